The van der Waals surface area contributed by atoms with Crippen LogP contribution >= 0.6 is 0 Å². The molecule has 3 aromatic carbocycles. The standard InChI is InChI=1S/C21H18N4O6S/c1-14-5-4-6-15(11-14)13-22-23-19-10-9-16(25(28)29)12-20(19)32(30,31)24-18-8-3-2-7-17(18)21(26)27/h2-13,23-24H,1H3,(H,26,27). The molecule has 0 aliphatic carbocycles. The number of carboxylic acid groups (broad SMARTS) is 1. The maximum Gasteiger partial charge on any atom is 0.337 e. The van der Waals surface area contributed by atoms with Crippen LogP contribution in [0.1, 0.15) is 21.5 Å². The molecule has 0 aliphatic heterocycles. The molecule has 32 heavy (non-hydrogen) atoms. The number of benzene rings is 3. The molecule has 164 valence electrons. The Hall–Kier alpha value is -4.25. The highest BCUT2D eigenvalue weighted by atomic mass is 32.2. The van der Waals surface area contributed by atoms with E-state index in [1.165, 1.54) is 36.5 Å². The molecule has 0 spiro atoms. The first-order chi connectivity index (χ1) is 15.2. The number of hydrazone groups is 1. The van der Waals surface area contributed by atoms with Gasteiger partial charge in [0.15, 0.2) is 0 Å². The van der Waals surface area contributed by atoms with Gasteiger partial charge >= 0.3 is 5.97 Å². The van der Waals surface area contributed by atoms with E-state index < -0.39 is 31.5 Å². The van der Waals surface area contributed by atoms with Crippen LogP contribution in [0.4, 0.5) is 17.1 Å². The Balaban J connectivity index is 1.99. The molecular formula is C21H18N4O6S. The number of para-hydroxylation sites is 1. The van der Waals surface area contributed by atoms with Crippen molar-refractivity contribution in [1.29, 1.82) is 0 Å². The fourth-order valence-corrected chi connectivity index (χ4v) is 4.08. The van der Waals surface area contributed by atoms with Crippen LogP contribution in [0.15, 0.2) is 76.7 Å². The normalized spacial score (nSPS) is 11.3. The highest BCUT2D eigenvalue weighted by Gasteiger charge is 2.24. The van der Waals surface area contributed by atoms with Crippen molar-refractivity contribution >= 4 is 39.3 Å². The SMILES string of the molecule is Cc1cccc(C=NNc2ccc([N+](=O)[O-])cc2S(=O)(=O)Nc2ccccc2C(=O)O)c1. The lowest BCUT2D eigenvalue weighted by Crippen LogP contribution is -2.17. The van der Waals surface area contributed by atoms with Crippen molar-refractivity contribution in [2.45, 2.75) is 11.8 Å². The second kappa shape index (κ2) is 9.27. The van der Waals surface area contributed by atoms with Gasteiger partial charge in [-0.2, -0.15) is 5.10 Å². The summed E-state index contributed by atoms with van der Waals surface area (Å²) in [4.78, 5) is 21.4. The molecule has 0 unspecified atom stereocenters. The summed E-state index contributed by atoms with van der Waals surface area (Å²) in [6, 6.07) is 16.0. The molecule has 0 aliphatic rings. The molecule has 0 amide bonds. The third kappa shape index (κ3) is 5.26. The highest BCUT2D eigenvalue weighted by Crippen LogP contribution is 2.29. The summed E-state index contributed by atoms with van der Waals surface area (Å²) in [5.74, 6) is -1.33. The van der Waals surface area contributed by atoms with Gasteiger partial charge in [-0.3, -0.25) is 20.3 Å². The Morgan fingerprint density at radius 2 is 1.81 bits per heavy atom. The number of aryl methyl sites for hydroxylation is 1. The summed E-state index contributed by atoms with van der Waals surface area (Å²) >= 11 is 0. The lowest BCUT2D eigenvalue weighted by Gasteiger charge is -2.13. The number of aromatic carboxylic acids is 1. The van der Waals surface area contributed by atoms with Crippen LogP contribution in [0, 0.1) is 17.0 Å². The van der Waals surface area contributed by atoms with E-state index in [4.69, 9.17) is 0 Å². The van der Waals surface area contributed by atoms with Crippen LogP contribution in [-0.2, 0) is 10.0 Å². The van der Waals surface area contributed by atoms with Gasteiger partial charge in [-0.1, -0.05) is 42.0 Å². The van der Waals surface area contributed by atoms with E-state index in [1.54, 1.807) is 6.07 Å². The number of nitro groups is 1. The van der Waals surface area contributed by atoms with Gasteiger partial charge in [0.25, 0.3) is 15.7 Å². The maximum atomic E-state index is 13.0. The monoisotopic (exact) mass is 454 g/mol. The van der Waals surface area contributed by atoms with Crippen LogP contribution in [0.3, 0.4) is 0 Å². The van der Waals surface area contributed by atoms with Crippen molar-refractivity contribution in [3.8, 4) is 0 Å². The first kappa shape index (κ1) is 22.4. The number of non-ortho nitro benzene ring substituents is 1. The average molecular weight is 454 g/mol. The number of carboxylic acids is 1. The third-order valence-corrected chi connectivity index (χ3v) is 5.71. The molecule has 0 radical (unpaired) electrons. The third-order valence-electron chi connectivity index (χ3n) is 4.31. The number of sulfonamides is 1. The van der Waals surface area contributed by atoms with Crippen LogP contribution in [-0.4, -0.2) is 30.6 Å². The van der Waals surface area contributed by atoms with Gasteiger partial charge in [0, 0.05) is 12.1 Å². The summed E-state index contributed by atoms with van der Waals surface area (Å²) in [5.41, 5.74) is 3.43. The minimum absolute atomic E-state index is 0.0280. The van der Waals surface area contributed by atoms with Gasteiger partial charge in [0.05, 0.1) is 28.1 Å². The molecule has 0 aromatic heterocycles. The number of hydrogen-bond acceptors (Lipinski definition) is 7. The maximum absolute atomic E-state index is 13.0. The molecular weight excluding hydrogens is 436 g/mol. The Bertz CT molecular complexity index is 1320. The topological polar surface area (TPSA) is 151 Å². The second-order valence-electron chi connectivity index (χ2n) is 6.68. The van der Waals surface area contributed by atoms with Crippen molar-refractivity contribution in [3.63, 3.8) is 0 Å². The van der Waals surface area contributed by atoms with E-state index in [9.17, 15) is 28.4 Å². The average Bonchev–Trinajstić information content (AvgIpc) is 2.73. The molecule has 0 atom stereocenters. The molecule has 11 heteroatoms. The summed E-state index contributed by atoms with van der Waals surface area (Å²) in [5, 5.41) is 24.5. The Morgan fingerprint density at radius 1 is 1.06 bits per heavy atom. The Kier molecular flexibility index (Phi) is 6.50. The largest absolute Gasteiger partial charge is 0.478 e. The summed E-state index contributed by atoms with van der Waals surface area (Å²) in [6.45, 7) is 1.91. The van der Waals surface area contributed by atoms with E-state index >= 15 is 0 Å². The van der Waals surface area contributed by atoms with E-state index in [1.807, 2.05) is 25.1 Å². The molecule has 0 saturated carbocycles. The van der Waals surface area contributed by atoms with Gasteiger partial charge in [-0.05, 0) is 30.7 Å². The molecule has 3 rings (SSSR count). The molecule has 0 saturated heterocycles. The van der Waals surface area contributed by atoms with Gasteiger partial charge in [-0.25, -0.2) is 13.2 Å². The van der Waals surface area contributed by atoms with E-state index in [0.29, 0.717) is 0 Å². The summed E-state index contributed by atoms with van der Waals surface area (Å²) in [7, 11) is -4.41. The lowest BCUT2D eigenvalue weighted by molar-refractivity contribution is -0.385. The van der Waals surface area contributed by atoms with Crippen molar-refractivity contribution in [2.75, 3.05) is 10.1 Å². The number of rotatable bonds is 8. The number of hydrogen-bond donors (Lipinski definition) is 3. The zero-order chi connectivity index (χ0) is 23.3. The number of nitrogens with zero attached hydrogens (tertiary/aromatic N) is 2. The fraction of sp³-hybridized carbons (Fsp3) is 0.0476. The molecule has 10 nitrogen and oxygen atoms in total. The number of nitrogens with one attached hydrogen (secondary N) is 2. The van der Waals surface area contributed by atoms with Crippen LogP contribution in [0.2, 0.25) is 0 Å². The Labute approximate surface area is 183 Å². The van der Waals surface area contributed by atoms with Gasteiger partial charge in [-0.15, -0.1) is 0 Å². The Morgan fingerprint density at radius 3 is 2.50 bits per heavy atom. The minimum atomic E-state index is -4.41. The number of anilines is 2. The van der Waals surface area contributed by atoms with Crippen LogP contribution in [0.25, 0.3) is 0 Å². The molecule has 0 heterocycles. The second-order valence-corrected chi connectivity index (χ2v) is 8.33. The molecule has 0 bridgehead atoms. The highest BCUT2D eigenvalue weighted by molar-refractivity contribution is 7.93. The molecule has 3 N–H and O–H groups in total. The van der Waals surface area contributed by atoms with Crippen molar-refractivity contribution in [1.82, 2.24) is 0 Å². The zero-order valence-electron chi connectivity index (χ0n) is 16.7. The van der Waals surface area contributed by atoms with E-state index in [2.05, 4.69) is 15.2 Å². The zero-order valence-corrected chi connectivity index (χ0v) is 17.5. The fourth-order valence-electron chi connectivity index (χ4n) is 2.82. The van der Waals surface area contributed by atoms with Gasteiger partial charge < -0.3 is 5.11 Å². The predicted molar refractivity (Wildman–Crippen MR) is 120 cm³/mol. The van der Waals surface area contributed by atoms with Gasteiger partial charge in [0.2, 0.25) is 0 Å². The first-order valence-electron chi connectivity index (χ1n) is 9.17. The smallest absolute Gasteiger partial charge is 0.337 e. The van der Waals surface area contributed by atoms with Gasteiger partial charge in [0.1, 0.15) is 4.90 Å². The first-order valence-corrected chi connectivity index (χ1v) is 10.6. The molecule has 0 fully saturated rings. The van der Waals surface area contributed by atoms with Crippen molar-refractivity contribution < 1.29 is 23.2 Å². The quantitative estimate of drug-likeness (QED) is 0.266. The lowest BCUT2D eigenvalue weighted by atomic mass is 10.2. The van der Waals surface area contributed by atoms with Crippen LogP contribution in [0.5, 0.6) is 0 Å². The summed E-state index contributed by atoms with van der Waals surface area (Å²) in [6.07, 6.45) is 1.47. The van der Waals surface area contributed by atoms with E-state index in [0.717, 1.165) is 23.3 Å². The van der Waals surface area contributed by atoms with Crippen molar-refractivity contribution in [3.05, 3.63) is 93.5 Å². The van der Waals surface area contributed by atoms with Crippen LogP contribution < -0.4 is 10.1 Å². The predicted octanol–water partition coefficient (Wildman–Crippen LogP) is 3.85. The number of nitro benzene ring substituents is 1. The number of carbonyl (C=O) groups is 1. The molecule has 3 aromatic rings. The minimum Gasteiger partial charge on any atom is -0.478 e. The van der Waals surface area contributed by atoms with E-state index in [-0.39, 0.29) is 16.9 Å². The van der Waals surface area contributed by atoms with Crippen molar-refractivity contribution in [2.24, 2.45) is 5.10 Å². The summed E-state index contributed by atoms with van der Waals surface area (Å²) < 4.78 is 28.2.